The van der Waals surface area contributed by atoms with Gasteiger partial charge in [-0.25, -0.2) is 0 Å². The van der Waals surface area contributed by atoms with Crippen LogP contribution in [0.15, 0.2) is 40.9 Å². The van der Waals surface area contributed by atoms with E-state index in [2.05, 4.69) is 27.2 Å². The third kappa shape index (κ3) is 5.16. The Kier molecular flexibility index (Phi) is 6.80. The zero-order valence-electron chi connectivity index (χ0n) is 15.5. The van der Waals surface area contributed by atoms with Crippen molar-refractivity contribution in [3.63, 3.8) is 0 Å². The van der Waals surface area contributed by atoms with Gasteiger partial charge in [0.1, 0.15) is 0 Å². The number of aromatic nitrogens is 1. The first kappa shape index (κ1) is 18.6. The smallest absolute Gasteiger partial charge is 0.273 e. The second-order valence-electron chi connectivity index (χ2n) is 6.68. The van der Waals surface area contributed by atoms with Gasteiger partial charge in [-0.3, -0.25) is 4.79 Å². The molecule has 1 aromatic carbocycles. The molecule has 0 saturated carbocycles. The van der Waals surface area contributed by atoms with E-state index >= 15 is 0 Å². The summed E-state index contributed by atoms with van der Waals surface area (Å²) in [4.78, 5) is 17.2. The number of nitrogens with zero attached hydrogens (tertiary/aromatic N) is 3. The molecular formula is C20H28N4O2. The minimum atomic E-state index is -0.174. The zero-order valence-corrected chi connectivity index (χ0v) is 15.5. The molecule has 1 N–H and O–H groups in total. The molecular weight excluding hydrogens is 328 g/mol. The second-order valence-corrected chi connectivity index (χ2v) is 6.68. The van der Waals surface area contributed by atoms with Crippen molar-refractivity contribution in [1.29, 1.82) is 0 Å². The van der Waals surface area contributed by atoms with E-state index < -0.39 is 0 Å². The van der Waals surface area contributed by atoms with Gasteiger partial charge in [0.2, 0.25) is 0 Å². The van der Waals surface area contributed by atoms with Gasteiger partial charge in [0, 0.05) is 44.4 Å². The highest BCUT2D eigenvalue weighted by atomic mass is 16.5. The number of benzene rings is 1. The number of carbonyl (C=O) groups is 1. The van der Waals surface area contributed by atoms with Gasteiger partial charge in [-0.2, -0.15) is 0 Å². The highest BCUT2D eigenvalue weighted by Crippen LogP contribution is 2.19. The van der Waals surface area contributed by atoms with Crippen LogP contribution in [0, 0.1) is 0 Å². The molecule has 1 fully saturated rings. The summed E-state index contributed by atoms with van der Waals surface area (Å²) in [5, 5.41) is 6.81. The SMILES string of the molecule is CCN1CCN(CCCCNC(=O)c2cc(-c3ccccc3)on2)CC1. The molecule has 2 heterocycles. The molecule has 1 saturated heterocycles. The maximum atomic E-state index is 12.2. The van der Waals surface area contributed by atoms with E-state index in [4.69, 9.17) is 4.52 Å². The molecule has 0 spiro atoms. The Labute approximate surface area is 155 Å². The van der Waals surface area contributed by atoms with Crippen molar-refractivity contribution in [2.24, 2.45) is 0 Å². The minimum absolute atomic E-state index is 0.174. The molecule has 0 bridgehead atoms. The average Bonchev–Trinajstić information content (AvgIpc) is 3.19. The highest BCUT2D eigenvalue weighted by molar-refractivity contribution is 5.93. The van der Waals surface area contributed by atoms with Crippen LogP contribution in [-0.4, -0.2) is 66.7 Å². The number of amides is 1. The van der Waals surface area contributed by atoms with E-state index in [0.717, 1.165) is 44.6 Å². The topological polar surface area (TPSA) is 61.6 Å². The lowest BCUT2D eigenvalue weighted by atomic mass is 10.1. The Morgan fingerprint density at radius 3 is 2.58 bits per heavy atom. The monoisotopic (exact) mass is 356 g/mol. The number of piperazine rings is 1. The van der Waals surface area contributed by atoms with Gasteiger partial charge < -0.3 is 19.6 Å². The van der Waals surface area contributed by atoms with Gasteiger partial charge in [0.15, 0.2) is 11.5 Å². The number of hydrogen-bond donors (Lipinski definition) is 1. The molecule has 6 nitrogen and oxygen atoms in total. The lowest BCUT2D eigenvalue weighted by molar-refractivity contribution is 0.0942. The molecule has 6 heteroatoms. The van der Waals surface area contributed by atoms with E-state index in [1.807, 2.05) is 30.3 Å². The van der Waals surface area contributed by atoms with Crippen LogP contribution in [0.4, 0.5) is 0 Å². The molecule has 0 radical (unpaired) electrons. The number of hydrogen-bond acceptors (Lipinski definition) is 5. The summed E-state index contributed by atoms with van der Waals surface area (Å²) in [6.07, 6.45) is 2.07. The van der Waals surface area contributed by atoms with Crippen LogP contribution in [0.2, 0.25) is 0 Å². The number of rotatable bonds is 8. The molecule has 26 heavy (non-hydrogen) atoms. The third-order valence-electron chi connectivity index (χ3n) is 4.90. The molecule has 0 aliphatic carbocycles. The maximum Gasteiger partial charge on any atom is 0.273 e. The van der Waals surface area contributed by atoms with Crippen LogP contribution < -0.4 is 5.32 Å². The van der Waals surface area contributed by atoms with Gasteiger partial charge in [0.05, 0.1) is 0 Å². The van der Waals surface area contributed by atoms with E-state index in [-0.39, 0.29) is 5.91 Å². The summed E-state index contributed by atoms with van der Waals surface area (Å²) in [6.45, 7) is 9.79. The first-order valence-corrected chi connectivity index (χ1v) is 9.51. The van der Waals surface area contributed by atoms with Crippen LogP contribution in [0.3, 0.4) is 0 Å². The van der Waals surface area contributed by atoms with E-state index in [1.165, 1.54) is 13.1 Å². The molecule has 3 rings (SSSR count). The summed E-state index contributed by atoms with van der Waals surface area (Å²) in [5.74, 6) is 0.439. The van der Waals surface area contributed by atoms with Crippen molar-refractivity contribution in [2.45, 2.75) is 19.8 Å². The second kappa shape index (κ2) is 9.50. The van der Waals surface area contributed by atoms with Crippen LogP contribution in [0.1, 0.15) is 30.3 Å². The molecule has 1 amide bonds. The highest BCUT2D eigenvalue weighted by Gasteiger charge is 2.15. The van der Waals surface area contributed by atoms with Gasteiger partial charge in [-0.15, -0.1) is 0 Å². The van der Waals surface area contributed by atoms with Crippen molar-refractivity contribution >= 4 is 5.91 Å². The Morgan fingerprint density at radius 2 is 1.85 bits per heavy atom. The first-order valence-electron chi connectivity index (χ1n) is 9.51. The maximum absolute atomic E-state index is 12.2. The quantitative estimate of drug-likeness (QED) is 0.737. The Balaban J connectivity index is 1.34. The van der Waals surface area contributed by atoms with Crippen LogP contribution in [0.25, 0.3) is 11.3 Å². The Hall–Kier alpha value is -2.18. The molecule has 0 unspecified atom stereocenters. The van der Waals surface area contributed by atoms with Gasteiger partial charge >= 0.3 is 0 Å². The Morgan fingerprint density at radius 1 is 1.12 bits per heavy atom. The van der Waals surface area contributed by atoms with Crippen LogP contribution in [0.5, 0.6) is 0 Å². The van der Waals surface area contributed by atoms with Crippen molar-refractivity contribution in [1.82, 2.24) is 20.3 Å². The Bertz CT molecular complexity index is 678. The summed E-state index contributed by atoms with van der Waals surface area (Å²) in [5.41, 5.74) is 1.25. The third-order valence-corrected chi connectivity index (χ3v) is 4.90. The first-order chi connectivity index (χ1) is 12.8. The zero-order chi connectivity index (χ0) is 18.2. The van der Waals surface area contributed by atoms with Gasteiger partial charge in [0.25, 0.3) is 5.91 Å². The standard InChI is InChI=1S/C20H28N4O2/c1-2-23-12-14-24(15-13-23)11-7-6-10-21-20(25)18-16-19(26-22-18)17-8-4-3-5-9-17/h3-5,8-9,16H,2,6-7,10-15H2,1H3,(H,21,25). The van der Waals surface area contributed by atoms with Crippen molar-refractivity contribution in [2.75, 3.05) is 45.8 Å². The fourth-order valence-electron chi connectivity index (χ4n) is 3.20. The lowest BCUT2D eigenvalue weighted by Gasteiger charge is -2.33. The van der Waals surface area contributed by atoms with Crippen LogP contribution >= 0.6 is 0 Å². The average molecular weight is 356 g/mol. The number of nitrogens with one attached hydrogen (secondary N) is 1. The summed E-state index contributed by atoms with van der Waals surface area (Å²) in [7, 11) is 0. The number of carbonyl (C=O) groups excluding carboxylic acids is 1. The van der Waals surface area contributed by atoms with Crippen molar-refractivity contribution in [3.8, 4) is 11.3 Å². The van der Waals surface area contributed by atoms with E-state index in [9.17, 15) is 4.79 Å². The van der Waals surface area contributed by atoms with E-state index in [1.54, 1.807) is 6.07 Å². The number of likely N-dealkylation sites (N-methyl/N-ethyl adjacent to an activating group) is 1. The molecule has 0 atom stereocenters. The largest absolute Gasteiger partial charge is 0.355 e. The van der Waals surface area contributed by atoms with Crippen molar-refractivity contribution in [3.05, 3.63) is 42.1 Å². The number of unbranched alkanes of at least 4 members (excludes halogenated alkanes) is 1. The fourth-order valence-corrected chi connectivity index (χ4v) is 3.20. The van der Waals surface area contributed by atoms with Crippen LogP contribution in [-0.2, 0) is 0 Å². The van der Waals surface area contributed by atoms with Gasteiger partial charge in [-0.05, 0) is 25.9 Å². The summed E-state index contributed by atoms with van der Waals surface area (Å²) >= 11 is 0. The summed E-state index contributed by atoms with van der Waals surface area (Å²) < 4.78 is 5.28. The van der Waals surface area contributed by atoms with Gasteiger partial charge in [-0.1, -0.05) is 42.4 Å². The predicted octanol–water partition coefficient (Wildman–Crippen LogP) is 2.49. The fraction of sp³-hybridized carbons (Fsp3) is 0.500. The van der Waals surface area contributed by atoms with E-state index in [0.29, 0.717) is 18.0 Å². The predicted molar refractivity (Wildman–Crippen MR) is 102 cm³/mol. The summed E-state index contributed by atoms with van der Waals surface area (Å²) in [6, 6.07) is 11.4. The normalized spacial score (nSPS) is 15.9. The molecule has 1 aliphatic rings. The molecule has 1 aliphatic heterocycles. The lowest BCUT2D eigenvalue weighted by Crippen LogP contribution is -2.46. The molecule has 1 aromatic heterocycles. The molecule has 140 valence electrons. The minimum Gasteiger partial charge on any atom is -0.355 e. The molecule has 2 aromatic rings. The van der Waals surface area contributed by atoms with Crippen molar-refractivity contribution < 1.29 is 9.32 Å².